The molecule has 1 aliphatic heterocycles. The van der Waals surface area contributed by atoms with Gasteiger partial charge in [-0.25, -0.2) is 0 Å². The SMILES string of the molecule is O=C(O)CNC(=O)C1C(=O)CC2(CC2)N(Cc2ccc(C(F)(F)F)cc2)C1=O. The molecule has 2 amide bonds. The van der Waals surface area contributed by atoms with Crippen LogP contribution < -0.4 is 5.32 Å². The summed E-state index contributed by atoms with van der Waals surface area (Å²) in [4.78, 5) is 49.2. The van der Waals surface area contributed by atoms with Crippen LogP contribution in [-0.2, 0) is 31.9 Å². The molecule has 28 heavy (non-hydrogen) atoms. The molecule has 0 radical (unpaired) electrons. The summed E-state index contributed by atoms with van der Waals surface area (Å²) in [6, 6.07) is 4.32. The molecule has 150 valence electrons. The van der Waals surface area contributed by atoms with E-state index in [4.69, 9.17) is 5.11 Å². The van der Waals surface area contributed by atoms with Gasteiger partial charge in [0, 0.05) is 13.0 Å². The van der Waals surface area contributed by atoms with Gasteiger partial charge >= 0.3 is 12.1 Å². The van der Waals surface area contributed by atoms with E-state index in [-0.39, 0.29) is 13.0 Å². The number of nitrogens with one attached hydrogen (secondary N) is 1. The largest absolute Gasteiger partial charge is 0.480 e. The van der Waals surface area contributed by atoms with Crippen LogP contribution in [0, 0.1) is 5.92 Å². The van der Waals surface area contributed by atoms with Crippen molar-refractivity contribution in [1.82, 2.24) is 10.2 Å². The minimum atomic E-state index is -4.48. The zero-order chi connectivity index (χ0) is 20.7. The van der Waals surface area contributed by atoms with Gasteiger partial charge in [-0.15, -0.1) is 0 Å². The highest BCUT2D eigenvalue weighted by Crippen LogP contribution is 2.49. The van der Waals surface area contributed by atoms with Gasteiger partial charge < -0.3 is 15.3 Å². The molecule has 10 heteroatoms. The summed E-state index contributed by atoms with van der Waals surface area (Å²) in [6.45, 7) is -0.757. The van der Waals surface area contributed by atoms with Crippen LogP contribution in [0.25, 0.3) is 0 Å². The Bertz CT molecular complexity index is 831. The number of carboxylic acids is 1. The molecule has 1 heterocycles. The van der Waals surface area contributed by atoms with Crippen LogP contribution in [0.4, 0.5) is 13.2 Å². The third-order valence-electron chi connectivity index (χ3n) is 5.04. The number of ketones is 1. The zero-order valence-corrected chi connectivity index (χ0v) is 14.6. The van der Waals surface area contributed by atoms with Crippen molar-refractivity contribution < 1.29 is 37.5 Å². The smallest absolute Gasteiger partial charge is 0.416 e. The number of carboxylic acid groups (broad SMARTS) is 1. The van der Waals surface area contributed by atoms with E-state index in [2.05, 4.69) is 0 Å². The molecule has 3 rings (SSSR count). The van der Waals surface area contributed by atoms with Crippen molar-refractivity contribution in [3.8, 4) is 0 Å². The molecule has 0 bridgehead atoms. The highest BCUT2D eigenvalue weighted by molar-refractivity contribution is 6.20. The third-order valence-corrected chi connectivity index (χ3v) is 5.04. The Morgan fingerprint density at radius 2 is 1.79 bits per heavy atom. The molecule has 2 fully saturated rings. The van der Waals surface area contributed by atoms with Gasteiger partial charge in [0.1, 0.15) is 6.54 Å². The van der Waals surface area contributed by atoms with E-state index in [1.54, 1.807) is 0 Å². The molecule has 1 aliphatic carbocycles. The average molecular weight is 398 g/mol. The second kappa shape index (κ2) is 6.92. The van der Waals surface area contributed by atoms with Gasteiger partial charge in [0.25, 0.3) is 0 Å². The van der Waals surface area contributed by atoms with Gasteiger partial charge in [0.2, 0.25) is 11.8 Å². The topological polar surface area (TPSA) is 104 Å². The minimum Gasteiger partial charge on any atom is -0.480 e. The lowest BCUT2D eigenvalue weighted by atomic mass is 9.87. The Morgan fingerprint density at radius 3 is 2.29 bits per heavy atom. The molecule has 0 aromatic heterocycles. The van der Waals surface area contributed by atoms with Crippen LogP contribution in [0.3, 0.4) is 0 Å². The zero-order valence-electron chi connectivity index (χ0n) is 14.6. The number of aliphatic carboxylic acids is 1. The molecule has 1 spiro atoms. The van der Waals surface area contributed by atoms with Crippen LogP contribution >= 0.6 is 0 Å². The van der Waals surface area contributed by atoms with E-state index < -0.39 is 53.3 Å². The fourth-order valence-corrected chi connectivity index (χ4v) is 3.39. The number of hydrogen-bond donors (Lipinski definition) is 2. The number of hydrogen-bond acceptors (Lipinski definition) is 4. The molecule has 1 aromatic carbocycles. The molecule has 2 aliphatic rings. The molecule has 1 unspecified atom stereocenters. The summed E-state index contributed by atoms with van der Waals surface area (Å²) in [5.74, 6) is -5.26. The number of amides is 2. The molecule has 1 atom stereocenters. The van der Waals surface area contributed by atoms with Crippen molar-refractivity contribution in [2.45, 2.75) is 37.5 Å². The summed E-state index contributed by atoms with van der Waals surface area (Å²) in [7, 11) is 0. The second-order valence-corrected chi connectivity index (χ2v) is 7.03. The van der Waals surface area contributed by atoms with Gasteiger partial charge in [-0.2, -0.15) is 13.2 Å². The summed E-state index contributed by atoms with van der Waals surface area (Å²) in [6.07, 6.45) is -3.38. The number of piperidine rings is 1. The predicted molar refractivity (Wildman–Crippen MR) is 87.7 cm³/mol. The monoisotopic (exact) mass is 398 g/mol. The van der Waals surface area contributed by atoms with Gasteiger partial charge in [-0.3, -0.25) is 19.2 Å². The number of carbonyl (C=O) groups is 4. The van der Waals surface area contributed by atoms with Gasteiger partial charge in [-0.05, 0) is 30.5 Å². The van der Waals surface area contributed by atoms with E-state index in [0.29, 0.717) is 18.4 Å². The molecule has 7 nitrogen and oxygen atoms in total. The van der Waals surface area contributed by atoms with Crippen LogP contribution in [0.5, 0.6) is 0 Å². The number of halogens is 3. The van der Waals surface area contributed by atoms with Gasteiger partial charge in [0.15, 0.2) is 11.7 Å². The van der Waals surface area contributed by atoms with Crippen LogP contribution in [-0.4, -0.2) is 45.7 Å². The molecule has 1 saturated heterocycles. The van der Waals surface area contributed by atoms with Crippen molar-refractivity contribution in [3.63, 3.8) is 0 Å². The minimum absolute atomic E-state index is 0.0348. The Hall–Kier alpha value is -2.91. The molecular weight excluding hydrogens is 381 g/mol. The first-order valence-corrected chi connectivity index (χ1v) is 8.53. The number of nitrogens with zero attached hydrogens (tertiary/aromatic N) is 1. The first kappa shape index (κ1) is 19.8. The Balaban J connectivity index is 1.79. The average Bonchev–Trinajstić information content (AvgIpc) is 3.36. The quantitative estimate of drug-likeness (QED) is 0.729. The fraction of sp³-hybridized carbons (Fsp3) is 0.444. The van der Waals surface area contributed by atoms with Crippen molar-refractivity contribution in [2.75, 3.05) is 6.54 Å². The lowest BCUT2D eigenvalue weighted by Gasteiger charge is -2.38. The summed E-state index contributed by atoms with van der Waals surface area (Å²) in [5, 5.41) is 10.7. The number of benzene rings is 1. The van der Waals surface area contributed by atoms with E-state index in [1.165, 1.54) is 17.0 Å². The number of alkyl halides is 3. The number of rotatable bonds is 5. The van der Waals surface area contributed by atoms with Crippen LogP contribution in [0.2, 0.25) is 0 Å². The fourth-order valence-electron chi connectivity index (χ4n) is 3.39. The maximum Gasteiger partial charge on any atom is 0.416 e. The normalized spacial score (nSPS) is 21.0. The molecule has 1 saturated carbocycles. The van der Waals surface area contributed by atoms with Gasteiger partial charge in [-0.1, -0.05) is 12.1 Å². The Morgan fingerprint density at radius 1 is 1.18 bits per heavy atom. The number of Topliss-reactive ketones (excluding diaryl/α,β-unsaturated/α-hetero) is 1. The van der Waals surface area contributed by atoms with Crippen molar-refractivity contribution in [2.24, 2.45) is 5.92 Å². The highest BCUT2D eigenvalue weighted by atomic mass is 19.4. The van der Waals surface area contributed by atoms with Gasteiger partial charge in [0.05, 0.1) is 11.1 Å². The van der Waals surface area contributed by atoms with Crippen molar-refractivity contribution in [1.29, 1.82) is 0 Å². The Kier molecular flexibility index (Phi) is 4.90. The highest BCUT2D eigenvalue weighted by Gasteiger charge is 2.58. The van der Waals surface area contributed by atoms with E-state index >= 15 is 0 Å². The lowest BCUT2D eigenvalue weighted by molar-refractivity contribution is -0.156. The standard InChI is InChI=1S/C18H17F3N2O5/c19-18(20,21)11-3-1-10(2-4-11)9-23-16(28)14(15(27)22-8-13(25)26)12(24)7-17(23)5-6-17/h1-4,14H,5-9H2,(H,22,27)(H,25,26). The first-order valence-electron chi connectivity index (χ1n) is 8.53. The molecule has 2 N–H and O–H groups in total. The lowest BCUT2D eigenvalue weighted by Crippen LogP contribution is -2.57. The van der Waals surface area contributed by atoms with Crippen LogP contribution in [0.15, 0.2) is 24.3 Å². The number of likely N-dealkylation sites (tertiary alicyclic amines) is 1. The maximum absolute atomic E-state index is 12.8. The van der Waals surface area contributed by atoms with Crippen molar-refractivity contribution in [3.05, 3.63) is 35.4 Å². The predicted octanol–water partition coefficient (Wildman–Crippen LogP) is 1.36. The molecular formula is C18H17F3N2O5. The Labute approximate surface area is 157 Å². The maximum atomic E-state index is 12.8. The summed E-state index contributed by atoms with van der Waals surface area (Å²) >= 11 is 0. The first-order chi connectivity index (χ1) is 13.0. The van der Waals surface area contributed by atoms with E-state index in [1.807, 2.05) is 5.32 Å². The van der Waals surface area contributed by atoms with E-state index in [9.17, 15) is 32.3 Å². The molecule has 1 aromatic rings. The van der Waals surface area contributed by atoms with Crippen LogP contribution in [0.1, 0.15) is 30.4 Å². The second-order valence-electron chi connectivity index (χ2n) is 7.03. The third kappa shape index (κ3) is 3.85. The summed E-state index contributed by atoms with van der Waals surface area (Å²) < 4.78 is 38.1. The number of carbonyl (C=O) groups excluding carboxylic acids is 3. The van der Waals surface area contributed by atoms with Crippen molar-refractivity contribution >= 4 is 23.6 Å². The van der Waals surface area contributed by atoms with E-state index in [0.717, 1.165) is 12.1 Å². The summed E-state index contributed by atoms with van der Waals surface area (Å²) in [5.41, 5.74) is -1.09.